The van der Waals surface area contributed by atoms with Crippen molar-refractivity contribution in [3.05, 3.63) is 18.3 Å². The molecule has 0 aliphatic heterocycles. The fraction of sp³-hybridized carbons (Fsp3) is 0.444. The Morgan fingerprint density at radius 3 is 3.06 bits per heavy atom. The SMILES string of the molecule is Cn1ccnc1-c1noc([C@@H](O)CCN)n1. The van der Waals surface area contributed by atoms with Crippen molar-refractivity contribution < 1.29 is 9.63 Å². The van der Waals surface area contributed by atoms with E-state index in [0.717, 1.165) is 0 Å². The van der Waals surface area contributed by atoms with Gasteiger partial charge >= 0.3 is 0 Å². The number of hydrogen-bond donors (Lipinski definition) is 2. The van der Waals surface area contributed by atoms with Gasteiger partial charge in [-0.3, -0.25) is 0 Å². The highest BCUT2D eigenvalue weighted by molar-refractivity contribution is 5.42. The van der Waals surface area contributed by atoms with Crippen LogP contribution in [-0.4, -0.2) is 31.3 Å². The number of imidazole rings is 1. The largest absolute Gasteiger partial charge is 0.383 e. The van der Waals surface area contributed by atoms with Gasteiger partial charge in [-0.1, -0.05) is 5.16 Å². The van der Waals surface area contributed by atoms with Gasteiger partial charge in [-0.2, -0.15) is 4.98 Å². The molecule has 1 atom stereocenters. The molecule has 0 aliphatic carbocycles. The molecule has 0 unspecified atom stereocenters. The van der Waals surface area contributed by atoms with E-state index in [9.17, 15) is 5.11 Å². The normalized spacial score (nSPS) is 12.9. The summed E-state index contributed by atoms with van der Waals surface area (Å²) in [5.74, 6) is 1.12. The lowest BCUT2D eigenvalue weighted by Crippen LogP contribution is -2.06. The van der Waals surface area contributed by atoms with Crippen molar-refractivity contribution in [3.8, 4) is 11.6 Å². The molecule has 2 aromatic heterocycles. The number of rotatable bonds is 4. The summed E-state index contributed by atoms with van der Waals surface area (Å²) in [4.78, 5) is 8.14. The van der Waals surface area contributed by atoms with E-state index in [0.29, 0.717) is 24.6 Å². The van der Waals surface area contributed by atoms with Crippen LogP contribution in [0.25, 0.3) is 11.6 Å². The van der Waals surface area contributed by atoms with Crippen molar-refractivity contribution in [2.75, 3.05) is 6.54 Å². The molecule has 2 rings (SSSR count). The van der Waals surface area contributed by atoms with Gasteiger partial charge in [0.15, 0.2) is 5.82 Å². The molecule has 0 radical (unpaired) electrons. The van der Waals surface area contributed by atoms with Crippen LogP contribution >= 0.6 is 0 Å². The lowest BCUT2D eigenvalue weighted by molar-refractivity contribution is 0.127. The minimum atomic E-state index is -0.813. The average molecular weight is 223 g/mol. The molecule has 2 aromatic rings. The summed E-state index contributed by atoms with van der Waals surface area (Å²) in [5.41, 5.74) is 5.33. The second-order valence-electron chi connectivity index (χ2n) is 3.41. The first-order chi connectivity index (χ1) is 7.72. The average Bonchev–Trinajstić information content (AvgIpc) is 2.86. The van der Waals surface area contributed by atoms with E-state index in [-0.39, 0.29) is 5.89 Å². The van der Waals surface area contributed by atoms with Gasteiger partial charge in [0.25, 0.3) is 5.89 Å². The van der Waals surface area contributed by atoms with Gasteiger partial charge in [0.1, 0.15) is 6.10 Å². The molecule has 3 N–H and O–H groups in total. The summed E-state index contributed by atoms with van der Waals surface area (Å²) in [7, 11) is 1.83. The Morgan fingerprint density at radius 2 is 2.44 bits per heavy atom. The molecular weight excluding hydrogens is 210 g/mol. The Morgan fingerprint density at radius 1 is 1.62 bits per heavy atom. The summed E-state index contributed by atoms with van der Waals surface area (Å²) in [6.07, 6.45) is 3.00. The van der Waals surface area contributed by atoms with Crippen LogP contribution in [0, 0.1) is 0 Å². The first-order valence-electron chi connectivity index (χ1n) is 4.92. The van der Waals surface area contributed by atoms with Gasteiger partial charge in [0.2, 0.25) is 5.82 Å². The third-order valence-corrected chi connectivity index (χ3v) is 2.19. The summed E-state index contributed by atoms with van der Waals surface area (Å²) < 4.78 is 6.71. The lowest BCUT2D eigenvalue weighted by atomic mass is 10.2. The fourth-order valence-corrected chi connectivity index (χ4v) is 1.32. The molecule has 0 fully saturated rings. The highest BCUT2D eigenvalue weighted by Gasteiger charge is 2.17. The maximum absolute atomic E-state index is 9.60. The van der Waals surface area contributed by atoms with Crippen LogP contribution in [0.3, 0.4) is 0 Å². The molecule has 0 spiro atoms. The molecule has 0 aliphatic rings. The van der Waals surface area contributed by atoms with Crippen LogP contribution in [-0.2, 0) is 7.05 Å². The van der Waals surface area contributed by atoms with E-state index >= 15 is 0 Å². The van der Waals surface area contributed by atoms with Gasteiger partial charge in [0.05, 0.1) is 0 Å². The van der Waals surface area contributed by atoms with Crippen molar-refractivity contribution in [2.45, 2.75) is 12.5 Å². The van der Waals surface area contributed by atoms with Crippen molar-refractivity contribution in [1.29, 1.82) is 0 Å². The number of aryl methyl sites for hydroxylation is 1. The van der Waals surface area contributed by atoms with Gasteiger partial charge in [0, 0.05) is 19.4 Å². The van der Waals surface area contributed by atoms with Crippen LogP contribution in [0.5, 0.6) is 0 Å². The maximum atomic E-state index is 9.60. The molecule has 0 saturated carbocycles. The van der Waals surface area contributed by atoms with Crippen LogP contribution in [0.15, 0.2) is 16.9 Å². The third kappa shape index (κ3) is 1.95. The van der Waals surface area contributed by atoms with E-state index in [4.69, 9.17) is 10.3 Å². The number of nitrogens with two attached hydrogens (primary N) is 1. The second-order valence-corrected chi connectivity index (χ2v) is 3.41. The third-order valence-electron chi connectivity index (χ3n) is 2.19. The number of aliphatic hydroxyl groups is 1. The highest BCUT2D eigenvalue weighted by Crippen LogP contribution is 2.18. The van der Waals surface area contributed by atoms with Crippen LogP contribution < -0.4 is 5.73 Å². The Bertz CT molecular complexity index is 464. The minimum Gasteiger partial charge on any atom is -0.383 e. The van der Waals surface area contributed by atoms with E-state index < -0.39 is 6.10 Å². The molecule has 86 valence electrons. The minimum absolute atomic E-state index is 0.170. The van der Waals surface area contributed by atoms with Gasteiger partial charge < -0.3 is 19.9 Å². The number of aliphatic hydroxyl groups excluding tert-OH is 1. The topological polar surface area (TPSA) is 103 Å². The summed E-state index contributed by atoms with van der Waals surface area (Å²) in [5, 5.41) is 13.3. The number of hydrogen-bond acceptors (Lipinski definition) is 6. The zero-order valence-electron chi connectivity index (χ0n) is 8.87. The zero-order valence-corrected chi connectivity index (χ0v) is 8.87. The van der Waals surface area contributed by atoms with Crippen LogP contribution in [0.1, 0.15) is 18.4 Å². The molecule has 0 amide bonds. The Balaban J connectivity index is 2.23. The monoisotopic (exact) mass is 223 g/mol. The quantitative estimate of drug-likeness (QED) is 0.747. The molecule has 7 heteroatoms. The van der Waals surface area contributed by atoms with Gasteiger partial charge in [-0.25, -0.2) is 4.98 Å². The molecule has 16 heavy (non-hydrogen) atoms. The van der Waals surface area contributed by atoms with Crippen molar-refractivity contribution >= 4 is 0 Å². The first kappa shape index (κ1) is 10.8. The zero-order chi connectivity index (χ0) is 11.5. The van der Waals surface area contributed by atoms with Crippen LogP contribution in [0.2, 0.25) is 0 Å². The van der Waals surface area contributed by atoms with Crippen molar-refractivity contribution in [3.63, 3.8) is 0 Å². The number of aromatic nitrogens is 4. The lowest BCUT2D eigenvalue weighted by Gasteiger charge is -2.00. The van der Waals surface area contributed by atoms with E-state index in [1.54, 1.807) is 17.0 Å². The Labute approximate surface area is 91.9 Å². The molecule has 0 saturated heterocycles. The Kier molecular flexibility index (Phi) is 2.97. The summed E-state index contributed by atoms with van der Waals surface area (Å²) in [6, 6.07) is 0. The van der Waals surface area contributed by atoms with Gasteiger partial charge in [-0.15, -0.1) is 0 Å². The Hall–Kier alpha value is -1.73. The molecule has 7 nitrogen and oxygen atoms in total. The molecule has 0 bridgehead atoms. The summed E-state index contributed by atoms with van der Waals surface area (Å²) >= 11 is 0. The summed E-state index contributed by atoms with van der Waals surface area (Å²) in [6.45, 7) is 0.362. The van der Waals surface area contributed by atoms with Crippen molar-refractivity contribution in [1.82, 2.24) is 19.7 Å². The predicted molar refractivity (Wildman–Crippen MR) is 55.1 cm³/mol. The maximum Gasteiger partial charge on any atom is 0.255 e. The number of nitrogens with zero attached hydrogens (tertiary/aromatic N) is 4. The molecular formula is C9H13N5O2. The van der Waals surface area contributed by atoms with E-state index in [1.165, 1.54) is 0 Å². The molecule has 2 heterocycles. The highest BCUT2D eigenvalue weighted by atomic mass is 16.5. The molecule has 0 aromatic carbocycles. The fourth-order valence-electron chi connectivity index (χ4n) is 1.32. The van der Waals surface area contributed by atoms with E-state index in [1.807, 2.05) is 7.05 Å². The second kappa shape index (κ2) is 4.42. The van der Waals surface area contributed by atoms with Crippen LogP contribution in [0.4, 0.5) is 0 Å². The van der Waals surface area contributed by atoms with Gasteiger partial charge in [-0.05, 0) is 13.0 Å². The standard InChI is InChI=1S/C9H13N5O2/c1-14-5-4-11-8(14)7-12-9(16-13-7)6(15)2-3-10/h4-6,15H,2-3,10H2,1H3/t6-/m0/s1. The first-order valence-corrected chi connectivity index (χ1v) is 4.92. The van der Waals surface area contributed by atoms with Crippen molar-refractivity contribution in [2.24, 2.45) is 12.8 Å². The van der Waals surface area contributed by atoms with E-state index in [2.05, 4.69) is 15.1 Å². The predicted octanol–water partition coefficient (Wildman–Crippen LogP) is -0.148. The smallest absolute Gasteiger partial charge is 0.255 e.